The Labute approximate surface area is 147 Å². The van der Waals surface area contributed by atoms with Gasteiger partial charge in [0.2, 0.25) is 5.91 Å². The van der Waals surface area contributed by atoms with Gasteiger partial charge in [-0.1, -0.05) is 0 Å². The van der Waals surface area contributed by atoms with Gasteiger partial charge in [-0.2, -0.15) is 5.10 Å². The molecule has 132 valence electrons. The summed E-state index contributed by atoms with van der Waals surface area (Å²) < 4.78 is 14.8. The second kappa shape index (κ2) is 6.59. The van der Waals surface area contributed by atoms with Gasteiger partial charge in [-0.05, 0) is 43.0 Å². The lowest BCUT2D eigenvalue weighted by molar-refractivity contribution is -0.129. The highest BCUT2D eigenvalue weighted by atomic mass is 19.1. The lowest BCUT2D eigenvalue weighted by Gasteiger charge is -2.35. The number of benzene rings is 1. The van der Waals surface area contributed by atoms with E-state index in [2.05, 4.69) is 10.00 Å². The number of piperidine rings is 1. The zero-order valence-corrected chi connectivity index (χ0v) is 14.4. The van der Waals surface area contributed by atoms with Crippen LogP contribution in [0.1, 0.15) is 25.3 Å². The third kappa shape index (κ3) is 3.44. The fourth-order valence-electron chi connectivity index (χ4n) is 4.04. The third-order valence-electron chi connectivity index (χ3n) is 5.39. The van der Waals surface area contributed by atoms with Crippen LogP contribution in [0.25, 0.3) is 5.69 Å². The molecule has 0 aliphatic carbocycles. The van der Waals surface area contributed by atoms with Crippen LogP contribution in [0.2, 0.25) is 0 Å². The quantitative estimate of drug-likeness (QED) is 0.860. The van der Waals surface area contributed by atoms with Crippen LogP contribution in [-0.4, -0.2) is 51.2 Å². The number of amides is 1. The molecule has 2 aromatic rings. The van der Waals surface area contributed by atoms with Crippen molar-refractivity contribution in [2.75, 3.05) is 19.6 Å². The summed E-state index contributed by atoms with van der Waals surface area (Å²) in [5.74, 6) is 0.504. The zero-order valence-electron chi connectivity index (χ0n) is 14.4. The fourth-order valence-corrected chi connectivity index (χ4v) is 4.04. The van der Waals surface area contributed by atoms with Gasteiger partial charge < -0.3 is 4.90 Å². The molecule has 4 heterocycles. The van der Waals surface area contributed by atoms with Crippen LogP contribution in [0.5, 0.6) is 0 Å². The van der Waals surface area contributed by atoms with E-state index in [0.29, 0.717) is 12.0 Å². The second-order valence-corrected chi connectivity index (χ2v) is 7.22. The van der Waals surface area contributed by atoms with Gasteiger partial charge in [0.1, 0.15) is 5.82 Å². The highest BCUT2D eigenvalue weighted by molar-refractivity contribution is 5.73. The van der Waals surface area contributed by atoms with E-state index >= 15 is 0 Å². The Morgan fingerprint density at radius 2 is 2.00 bits per heavy atom. The molecule has 5 nitrogen and oxygen atoms in total. The van der Waals surface area contributed by atoms with Crippen LogP contribution in [0.3, 0.4) is 0 Å². The predicted molar refractivity (Wildman–Crippen MR) is 92.7 cm³/mol. The molecule has 3 saturated heterocycles. The smallest absolute Gasteiger partial charge is 0.219 e. The van der Waals surface area contributed by atoms with Crippen LogP contribution in [-0.2, 0) is 11.3 Å². The lowest BCUT2D eigenvalue weighted by Crippen LogP contribution is -2.43. The van der Waals surface area contributed by atoms with Crippen LogP contribution in [0.15, 0.2) is 36.7 Å². The van der Waals surface area contributed by atoms with Gasteiger partial charge in [-0.25, -0.2) is 9.07 Å². The van der Waals surface area contributed by atoms with Crippen molar-refractivity contribution < 1.29 is 9.18 Å². The van der Waals surface area contributed by atoms with Crippen molar-refractivity contribution in [3.63, 3.8) is 0 Å². The zero-order chi connectivity index (χ0) is 17.4. The topological polar surface area (TPSA) is 41.4 Å². The molecule has 3 aliphatic heterocycles. The Hall–Kier alpha value is -2.21. The summed E-state index contributed by atoms with van der Waals surface area (Å²) in [6, 6.07) is 6.77. The maximum Gasteiger partial charge on any atom is 0.219 e. The van der Waals surface area contributed by atoms with E-state index in [-0.39, 0.29) is 11.7 Å². The molecule has 1 amide bonds. The number of aromatic nitrogens is 2. The number of fused-ring (bicyclic) bond motifs is 4. The van der Waals surface area contributed by atoms with E-state index in [4.69, 9.17) is 0 Å². The molecule has 3 fully saturated rings. The Kier molecular flexibility index (Phi) is 4.29. The summed E-state index contributed by atoms with van der Waals surface area (Å²) in [4.78, 5) is 16.3. The molecule has 5 rings (SSSR count). The number of rotatable bonds is 3. The molecule has 0 unspecified atom stereocenters. The highest BCUT2D eigenvalue weighted by Gasteiger charge is 2.35. The third-order valence-corrected chi connectivity index (χ3v) is 5.39. The predicted octanol–water partition coefficient (Wildman–Crippen LogP) is 2.45. The average Bonchev–Trinajstić information content (AvgIpc) is 2.86. The normalized spacial score (nSPS) is 23.7. The standard InChI is InChI=1S/C19H23FN4O/c1-14(25)22-9-15-2-5-19(13-22)23(10-15)11-16-8-21-24(12-16)18-6-3-17(20)4-7-18/h3-4,6-8,12,15,19H,2,5,9-11,13H2,1H3/t15-,19+/m1/s1. The maximum absolute atomic E-state index is 13.1. The SMILES string of the molecule is CC(=O)N1C[C@H]2CC[C@@H](C1)N(Cc1cnn(-c3ccc(F)cc3)c1)C2. The van der Waals surface area contributed by atoms with Gasteiger partial charge in [-0.3, -0.25) is 9.69 Å². The number of carbonyl (C=O) groups excluding carboxylic acids is 1. The van der Waals surface area contributed by atoms with E-state index in [1.807, 2.05) is 17.3 Å². The highest BCUT2D eigenvalue weighted by Crippen LogP contribution is 2.29. The summed E-state index contributed by atoms with van der Waals surface area (Å²) in [6.07, 6.45) is 6.25. The Morgan fingerprint density at radius 1 is 1.20 bits per heavy atom. The number of carbonyl (C=O) groups is 1. The first-order chi connectivity index (χ1) is 12.1. The number of nitrogens with zero attached hydrogens (tertiary/aromatic N) is 4. The minimum atomic E-state index is -0.244. The lowest BCUT2D eigenvalue weighted by atomic mass is 9.95. The minimum absolute atomic E-state index is 0.183. The molecular weight excluding hydrogens is 319 g/mol. The van der Waals surface area contributed by atoms with Crippen LogP contribution < -0.4 is 0 Å². The van der Waals surface area contributed by atoms with Crippen LogP contribution in [0, 0.1) is 11.7 Å². The maximum atomic E-state index is 13.1. The van der Waals surface area contributed by atoms with Gasteiger partial charge >= 0.3 is 0 Å². The van der Waals surface area contributed by atoms with E-state index in [9.17, 15) is 9.18 Å². The number of hydrogen-bond acceptors (Lipinski definition) is 3. The summed E-state index contributed by atoms with van der Waals surface area (Å²) >= 11 is 0. The summed E-state index contributed by atoms with van der Waals surface area (Å²) in [5, 5.41) is 4.41. The second-order valence-electron chi connectivity index (χ2n) is 7.22. The van der Waals surface area contributed by atoms with Gasteiger partial charge in [0.05, 0.1) is 11.9 Å². The first-order valence-corrected chi connectivity index (χ1v) is 8.87. The first-order valence-electron chi connectivity index (χ1n) is 8.87. The molecule has 0 spiro atoms. The molecule has 0 radical (unpaired) electrons. The molecule has 2 atom stereocenters. The van der Waals surface area contributed by atoms with E-state index in [0.717, 1.165) is 43.9 Å². The van der Waals surface area contributed by atoms with Crippen molar-refractivity contribution in [2.24, 2.45) is 5.92 Å². The molecule has 3 aliphatic rings. The number of hydrogen-bond donors (Lipinski definition) is 0. The molecule has 1 aromatic carbocycles. The monoisotopic (exact) mass is 342 g/mol. The molecule has 0 N–H and O–H groups in total. The first kappa shape index (κ1) is 16.3. The molecule has 2 bridgehead atoms. The van der Waals surface area contributed by atoms with Gasteiger partial charge in [0.15, 0.2) is 0 Å². The molecule has 6 heteroatoms. The summed E-state index contributed by atoms with van der Waals surface area (Å²) in [6.45, 7) is 5.27. The number of halogens is 1. The Balaban J connectivity index is 1.47. The van der Waals surface area contributed by atoms with Crippen molar-refractivity contribution >= 4 is 5.91 Å². The van der Waals surface area contributed by atoms with Gasteiger partial charge in [0, 0.05) is 50.9 Å². The molecule has 1 aromatic heterocycles. The molecule has 25 heavy (non-hydrogen) atoms. The van der Waals surface area contributed by atoms with E-state index < -0.39 is 0 Å². The summed E-state index contributed by atoms with van der Waals surface area (Å²) in [7, 11) is 0. The fraction of sp³-hybridized carbons (Fsp3) is 0.474. The minimum Gasteiger partial charge on any atom is -0.341 e. The van der Waals surface area contributed by atoms with Crippen molar-refractivity contribution in [3.05, 3.63) is 48.0 Å². The van der Waals surface area contributed by atoms with E-state index in [1.54, 1.807) is 23.7 Å². The van der Waals surface area contributed by atoms with Crippen molar-refractivity contribution in [1.29, 1.82) is 0 Å². The van der Waals surface area contributed by atoms with E-state index in [1.165, 1.54) is 18.6 Å². The van der Waals surface area contributed by atoms with Gasteiger partial charge in [-0.15, -0.1) is 0 Å². The van der Waals surface area contributed by atoms with Crippen molar-refractivity contribution in [1.82, 2.24) is 19.6 Å². The molecular formula is C19H23FN4O. The van der Waals surface area contributed by atoms with Crippen LogP contribution in [0.4, 0.5) is 4.39 Å². The Bertz CT molecular complexity index is 757. The van der Waals surface area contributed by atoms with Crippen molar-refractivity contribution in [2.45, 2.75) is 32.4 Å². The largest absolute Gasteiger partial charge is 0.341 e. The molecule has 0 saturated carbocycles. The Morgan fingerprint density at radius 3 is 2.76 bits per heavy atom. The average molecular weight is 342 g/mol. The summed E-state index contributed by atoms with van der Waals surface area (Å²) in [5.41, 5.74) is 2.00. The van der Waals surface area contributed by atoms with Gasteiger partial charge in [0.25, 0.3) is 0 Å². The van der Waals surface area contributed by atoms with Crippen molar-refractivity contribution in [3.8, 4) is 5.69 Å². The van der Waals surface area contributed by atoms with Crippen LogP contribution >= 0.6 is 0 Å².